The number of nitrogens with zero attached hydrogens (tertiary/aromatic N) is 3. The summed E-state index contributed by atoms with van der Waals surface area (Å²) in [5.41, 5.74) is 6.00. The fraction of sp³-hybridized carbons (Fsp3) is 0.286. The average molecular weight is 453 g/mol. The molecule has 0 aliphatic carbocycles. The third-order valence-electron chi connectivity index (χ3n) is 7.26. The van der Waals surface area contributed by atoms with Crippen LogP contribution in [0.1, 0.15) is 23.2 Å². The Balaban J connectivity index is 1.49. The van der Waals surface area contributed by atoms with Crippen LogP contribution in [0.5, 0.6) is 0 Å². The first-order valence-electron chi connectivity index (χ1n) is 11.8. The monoisotopic (exact) mass is 452 g/mol. The van der Waals surface area contributed by atoms with Crippen molar-refractivity contribution in [3.05, 3.63) is 71.5 Å². The highest BCUT2D eigenvalue weighted by molar-refractivity contribution is 6.50. The first-order valence-corrected chi connectivity index (χ1v) is 11.8. The van der Waals surface area contributed by atoms with Crippen LogP contribution in [0.15, 0.2) is 54.7 Å². The molecule has 0 bridgehead atoms. The van der Waals surface area contributed by atoms with E-state index in [1.807, 2.05) is 48.1 Å². The highest BCUT2D eigenvalue weighted by atomic mass is 16.2. The van der Waals surface area contributed by atoms with Crippen molar-refractivity contribution in [3.8, 4) is 0 Å². The Morgan fingerprint density at radius 3 is 2.62 bits per heavy atom. The predicted molar refractivity (Wildman–Crippen MR) is 135 cm³/mol. The zero-order valence-electron chi connectivity index (χ0n) is 19.8. The van der Waals surface area contributed by atoms with Gasteiger partial charge < -0.3 is 14.0 Å². The van der Waals surface area contributed by atoms with Gasteiger partial charge in [0.2, 0.25) is 0 Å². The summed E-state index contributed by atoms with van der Waals surface area (Å²) in [6.45, 7) is 2.07. The molecule has 2 aliphatic rings. The summed E-state index contributed by atoms with van der Waals surface area (Å²) < 4.78 is 4.39. The van der Waals surface area contributed by atoms with Crippen LogP contribution < -0.4 is 5.32 Å². The van der Waals surface area contributed by atoms with Gasteiger partial charge in [-0.25, -0.2) is 0 Å². The van der Waals surface area contributed by atoms with Gasteiger partial charge in [-0.3, -0.25) is 14.9 Å². The molecule has 6 heteroatoms. The van der Waals surface area contributed by atoms with E-state index >= 15 is 0 Å². The molecule has 0 fully saturated rings. The van der Waals surface area contributed by atoms with E-state index in [2.05, 4.69) is 47.1 Å². The van der Waals surface area contributed by atoms with Crippen LogP contribution in [0.3, 0.4) is 0 Å². The molecule has 6 nitrogen and oxygen atoms in total. The zero-order valence-corrected chi connectivity index (χ0v) is 19.8. The van der Waals surface area contributed by atoms with Gasteiger partial charge in [0, 0.05) is 54.0 Å². The molecular weight excluding hydrogens is 424 g/mol. The summed E-state index contributed by atoms with van der Waals surface area (Å²) in [4.78, 5) is 28.3. The van der Waals surface area contributed by atoms with Crippen molar-refractivity contribution < 1.29 is 9.59 Å². The van der Waals surface area contributed by atoms with Crippen molar-refractivity contribution in [3.63, 3.8) is 0 Å². The standard InChI is InChI=1S/C28H28N4O2/c1-30(2)15-17-10-11-32-20(12-17)13-18-8-9-19(14-24(18)32)25-26(28(34)29-27(25)33)22-16-31(3)23-7-5-4-6-21(22)23/h4-9,13-14,16-17H,10-12,15H2,1-3H3,(H,29,33,34)/t17-/m1/s1. The Bertz CT molecular complexity index is 1520. The van der Waals surface area contributed by atoms with E-state index in [-0.39, 0.29) is 11.8 Å². The second kappa shape index (κ2) is 7.71. The van der Waals surface area contributed by atoms with Gasteiger partial charge in [-0.1, -0.05) is 30.3 Å². The van der Waals surface area contributed by atoms with Gasteiger partial charge in [0.05, 0.1) is 11.1 Å². The molecule has 4 heterocycles. The summed E-state index contributed by atoms with van der Waals surface area (Å²) in [7, 11) is 6.22. The van der Waals surface area contributed by atoms with E-state index in [1.54, 1.807) is 0 Å². The van der Waals surface area contributed by atoms with Gasteiger partial charge >= 0.3 is 0 Å². The molecule has 0 radical (unpaired) electrons. The number of para-hydroxylation sites is 1. The van der Waals surface area contributed by atoms with Crippen LogP contribution in [-0.4, -0.2) is 46.5 Å². The van der Waals surface area contributed by atoms with Crippen LogP contribution >= 0.6 is 0 Å². The van der Waals surface area contributed by atoms with Crippen LogP contribution in [0.2, 0.25) is 0 Å². The number of rotatable bonds is 4. The SMILES string of the molecule is CN(C)C[C@@H]1CCn2c(cc3ccc(C4=C(c5cn(C)c6ccccc56)C(=O)NC4=O)cc32)C1. The highest BCUT2D eigenvalue weighted by Gasteiger charge is 2.34. The number of hydrogen-bond acceptors (Lipinski definition) is 3. The zero-order chi connectivity index (χ0) is 23.6. The van der Waals surface area contributed by atoms with Gasteiger partial charge in [-0.05, 0) is 62.0 Å². The first-order chi connectivity index (χ1) is 16.4. The predicted octanol–water partition coefficient (Wildman–Crippen LogP) is 3.82. The normalized spacial score (nSPS) is 18.4. The Kier molecular flexibility index (Phi) is 4.74. The molecule has 172 valence electrons. The maximum absolute atomic E-state index is 13.0. The number of carbonyl (C=O) groups is 2. The maximum atomic E-state index is 13.0. The molecule has 0 saturated heterocycles. The molecule has 1 atom stereocenters. The first kappa shape index (κ1) is 20.9. The Morgan fingerprint density at radius 2 is 1.79 bits per heavy atom. The molecule has 2 aliphatic heterocycles. The van der Waals surface area contributed by atoms with E-state index in [0.717, 1.165) is 53.5 Å². The number of imide groups is 1. The average Bonchev–Trinajstić information content (AvgIpc) is 3.43. The largest absolute Gasteiger partial charge is 0.350 e. The number of aryl methyl sites for hydroxylation is 2. The van der Waals surface area contributed by atoms with Crippen LogP contribution in [0.25, 0.3) is 33.0 Å². The van der Waals surface area contributed by atoms with Gasteiger partial charge in [0.25, 0.3) is 11.8 Å². The lowest BCUT2D eigenvalue weighted by Gasteiger charge is -2.27. The molecule has 6 rings (SSSR count). The molecule has 34 heavy (non-hydrogen) atoms. The Labute approximate surface area is 198 Å². The Morgan fingerprint density at radius 1 is 1.00 bits per heavy atom. The molecule has 0 spiro atoms. The topological polar surface area (TPSA) is 59.3 Å². The van der Waals surface area contributed by atoms with E-state index in [9.17, 15) is 9.59 Å². The number of hydrogen-bond donors (Lipinski definition) is 1. The van der Waals surface area contributed by atoms with E-state index in [4.69, 9.17) is 0 Å². The summed E-state index contributed by atoms with van der Waals surface area (Å²) in [5, 5.41) is 4.69. The number of nitrogens with one attached hydrogen (secondary N) is 1. The number of aromatic nitrogens is 2. The second-order valence-electron chi connectivity index (χ2n) is 9.89. The van der Waals surface area contributed by atoms with Crippen molar-refractivity contribution >= 4 is 44.8 Å². The van der Waals surface area contributed by atoms with Gasteiger partial charge in [0.15, 0.2) is 0 Å². The molecule has 1 N–H and O–H groups in total. The summed E-state index contributed by atoms with van der Waals surface area (Å²) in [6, 6.07) is 16.4. The summed E-state index contributed by atoms with van der Waals surface area (Å²) in [5.74, 6) is -0.00546. The number of carbonyl (C=O) groups excluding carboxylic acids is 2. The molecule has 0 saturated carbocycles. The highest BCUT2D eigenvalue weighted by Crippen LogP contribution is 2.37. The number of fused-ring (bicyclic) bond motifs is 4. The van der Waals surface area contributed by atoms with Gasteiger partial charge in [-0.2, -0.15) is 0 Å². The minimum atomic E-state index is -0.333. The van der Waals surface area contributed by atoms with Gasteiger partial charge in [0.1, 0.15) is 0 Å². The van der Waals surface area contributed by atoms with Gasteiger partial charge in [-0.15, -0.1) is 0 Å². The van der Waals surface area contributed by atoms with Crippen LogP contribution in [0, 0.1) is 5.92 Å². The fourth-order valence-corrected chi connectivity index (χ4v) is 5.81. The van der Waals surface area contributed by atoms with Crippen molar-refractivity contribution in [1.29, 1.82) is 0 Å². The van der Waals surface area contributed by atoms with Crippen LogP contribution in [0.4, 0.5) is 0 Å². The second-order valence-corrected chi connectivity index (χ2v) is 9.89. The maximum Gasteiger partial charge on any atom is 0.259 e. The molecule has 2 aromatic heterocycles. The molecule has 0 unspecified atom stereocenters. The molecular formula is C28H28N4O2. The third kappa shape index (κ3) is 3.21. The minimum Gasteiger partial charge on any atom is -0.350 e. The van der Waals surface area contributed by atoms with Crippen LogP contribution in [-0.2, 0) is 29.6 Å². The van der Waals surface area contributed by atoms with Crippen molar-refractivity contribution in [2.75, 3.05) is 20.6 Å². The summed E-state index contributed by atoms with van der Waals surface area (Å²) in [6.07, 6.45) is 4.15. The lowest BCUT2D eigenvalue weighted by atomic mass is 9.95. The minimum absolute atomic E-state index is 0.330. The van der Waals surface area contributed by atoms with Crippen molar-refractivity contribution in [2.24, 2.45) is 13.0 Å². The quantitative estimate of drug-likeness (QED) is 0.479. The third-order valence-corrected chi connectivity index (χ3v) is 7.26. The lowest BCUT2D eigenvalue weighted by Crippen LogP contribution is -2.28. The molecule has 4 aromatic rings. The molecule has 2 aromatic carbocycles. The lowest BCUT2D eigenvalue weighted by molar-refractivity contribution is -0.122. The van der Waals surface area contributed by atoms with Crippen molar-refractivity contribution in [2.45, 2.75) is 19.4 Å². The summed E-state index contributed by atoms with van der Waals surface area (Å²) >= 11 is 0. The van der Waals surface area contributed by atoms with E-state index in [1.165, 1.54) is 11.1 Å². The number of benzene rings is 2. The Hall–Kier alpha value is -3.64. The van der Waals surface area contributed by atoms with Crippen molar-refractivity contribution in [1.82, 2.24) is 19.4 Å². The smallest absolute Gasteiger partial charge is 0.259 e. The van der Waals surface area contributed by atoms with E-state index in [0.29, 0.717) is 17.1 Å². The fourth-order valence-electron chi connectivity index (χ4n) is 5.81. The molecule has 2 amide bonds. The van der Waals surface area contributed by atoms with E-state index < -0.39 is 0 Å². The number of amides is 2.